The van der Waals surface area contributed by atoms with Crippen molar-refractivity contribution in [3.8, 4) is 5.69 Å². The minimum Gasteiger partial charge on any atom is -0.347 e. The molecule has 2 N–H and O–H groups in total. The second-order valence-corrected chi connectivity index (χ2v) is 8.29. The molecule has 0 aliphatic carbocycles. The van der Waals surface area contributed by atoms with Crippen molar-refractivity contribution in [1.82, 2.24) is 25.3 Å². The lowest BCUT2D eigenvalue weighted by molar-refractivity contribution is -0.148. The number of para-hydroxylation sites is 1. The van der Waals surface area contributed by atoms with E-state index in [0.717, 1.165) is 6.20 Å². The Morgan fingerprint density at radius 2 is 1.91 bits per heavy atom. The van der Waals surface area contributed by atoms with Gasteiger partial charge in [0, 0.05) is 12.6 Å². The molecule has 1 aromatic carbocycles. The number of carbonyl (C=O) groups excluding carboxylic acids is 3. The summed E-state index contributed by atoms with van der Waals surface area (Å²) in [6.45, 7) is 3.67. The molecule has 170 valence electrons. The Balaban J connectivity index is 1.56. The summed E-state index contributed by atoms with van der Waals surface area (Å²) in [6.07, 6.45) is -3.82. The molecule has 11 heteroatoms. The Morgan fingerprint density at radius 3 is 2.53 bits per heavy atom. The number of nitrogens with zero attached hydrogens (tertiary/aromatic N) is 3. The topological polar surface area (TPSA) is 96.3 Å². The molecule has 8 nitrogen and oxygen atoms in total. The molecule has 3 heterocycles. The number of nitrogens with one attached hydrogen (secondary N) is 2. The number of aromatic nitrogens is 2. The molecule has 2 aliphatic rings. The van der Waals surface area contributed by atoms with Crippen molar-refractivity contribution < 1.29 is 27.6 Å². The predicted octanol–water partition coefficient (Wildman–Crippen LogP) is 1.74. The first-order chi connectivity index (χ1) is 15.1. The summed E-state index contributed by atoms with van der Waals surface area (Å²) in [4.78, 5) is 39.3. The first-order valence-electron chi connectivity index (χ1n) is 10.2. The molecule has 1 aromatic heterocycles. The third kappa shape index (κ3) is 3.82. The molecule has 0 radical (unpaired) electrons. The highest BCUT2D eigenvalue weighted by atomic mass is 19.4. The van der Waals surface area contributed by atoms with E-state index in [1.54, 1.807) is 18.2 Å². The van der Waals surface area contributed by atoms with Crippen LogP contribution in [0.3, 0.4) is 0 Å². The molecule has 2 aromatic rings. The number of benzene rings is 1. The second-order valence-electron chi connectivity index (χ2n) is 8.29. The molecule has 0 unspecified atom stereocenters. The number of hydrogen-bond acceptors (Lipinski definition) is 4. The van der Waals surface area contributed by atoms with Crippen molar-refractivity contribution in [3.63, 3.8) is 0 Å². The number of alkyl halides is 3. The van der Waals surface area contributed by atoms with Crippen molar-refractivity contribution in [3.05, 3.63) is 47.8 Å². The maximum Gasteiger partial charge on any atom is 0.434 e. The maximum absolute atomic E-state index is 13.8. The third-order valence-electron chi connectivity index (χ3n) is 5.74. The van der Waals surface area contributed by atoms with Gasteiger partial charge < -0.3 is 15.5 Å². The number of piperazine rings is 1. The first kappa shape index (κ1) is 21.8. The summed E-state index contributed by atoms with van der Waals surface area (Å²) in [5, 5.41) is 9.02. The fourth-order valence-corrected chi connectivity index (χ4v) is 4.19. The number of halogens is 3. The van der Waals surface area contributed by atoms with Crippen LogP contribution in [0.15, 0.2) is 36.5 Å². The van der Waals surface area contributed by atoms with E-state index in [-0.39, 0.29) is 36.4 Å². The van der Waals surface area contributed by atoms with Crippen molar-refractivity contribution in [2.45, 2.75) is 44.6 Å². The van der Waals surface area contributed by atoms with Crippen molar-refractivity contribution in [1.29, 1.82) is 0 Å². The normalized spacial score (nSPS) is 23.3. The average Bonchev–Trinajstić information content (AvgIpc) is 3.36. The number of fused-ring (bicyclic) bond motifs is 1. The van der Waals surface area contributed by atoms with E-state index >= 15 is 0 Å². The van der Waals surface area contributed by atoms with Crippen LogP contribution in [-0.2, 0) is 15.8 Å². The highest BCUT2D eigenvalue weighted by Gasteiger charge is 2.48. The monoisotopic (exact) mass is 449 g/mol. The van der Waals surface area contributed by atoms with E-state index in [1.165, 1.54) is 17.0 Å². The van der Waals surface area contributed by atoms with Crippen LogP contribution in [0, 0.1) is 5.92 Å². The van der Waals surface area contributed by atoms with Crippen LogP contribution in [0.4, 0.5) is 13.2 Å². The summed E-state index contributed by atoms with van der Waals surface area (Å²) < 4.78 is 42.1. The molecule has 0 spiro atoms. The van der Waals surface area contributed by atoms with Crippen LogP contribution in [-0.4, -0.2) is 57.1 Å². The standard InChI is InChI=1S/C21H22F3N5O3/c1-11(2)16-20(32)28-10-12(8-15(28)19(31)27-16)26-18(30)14-9-25-29(17(14)21(22,23)24)13-6-4-3-5-7-13/h3-7,9,11-12,15-16H,8,10H2,1-2H3,(H,26,30)(H,27,31)/t12-,15-,16+/m0/s1. The van der Waals surface area contributed by atoms with Crippen LogP contribution in [0.5, 0.6) is 0 Å². The molecular formula is C21H22F3N5O3. The van der Waals surface area contributed by atoms with Gasteiger partial charge in [-0.3, -0.25) is 14.4 Å². The van der Waals surface area contributed by atoms with Gasteiger partial charge in [-0.25, -0.2) is 4.68 Å². The number of rotatable bonds is 4. The van der Waals surface area contributed by atoms with Crippen LogP contribution in [0.25, 0.3) is 5.69 Å². The van der Waals surface area contributed by atoms with E-state index in [9.17, 15) is 27.6 Å². The number of amides is 3. The molecule has 2 saturated heterocycles. The van der Waals surface area contributed by atoms with Gasteiger partial charge in [-0.15, -0.1) is 0 Å². The minimum atomic E-state index is -4.83. The molecular weight excluding hydrogens is 427 g/mol. The zero-order valence-corrected chi connectivity index (χ0v) is 17.4. The molecule has 32 heavy (non-hydrogen) atoms. The SMILES string of the molecule is CC(C)[C@H]1NC(=O)[C@@H]2C[C@H](NC(=O)c3cnn(-c4ccccc4)c3C(F)(F)F)CN2C1=O. The minimum absolute atomic E-state index is 0.0556. The molecule has 3 atom stereocenters. The smallest absolute Gasteiger partial charge is 0.347 e. The van der Waals surface area contributed by atoms with Crippen LogP contribution < -0.4 is 10.6 Å². The Labute approximate surface area is 181 Å². The maximum atomic E-state index is 13.8. The largest absolute Gasteiger partial charge is 0.434 e. The molecule has 0 saturated carbocycles. The Morgan fingerprint density at radius 1 is 1.22 bits per heavy atom. The molecule has 2 aliphatic heterocycles. The fourth-order valence-electron chi connectivity index (χ4n) is 4.19. The van der Waals surface area contributed by atoms with Crippen LogP contribution >= 0.6 is 0 Å². The van der Waals surface area contributed by atoms with Crippen molar-refractivity contribution in [2.75, 3.05) is 6.54 Å². The highest BCUT2D eigenvalue weighted by molar-refractivity contribution is 5.98. The number of carbonyl (C=O) groups is 3. The van der Waals surface area contributed by atoms with E-state index in [2.05, 4.69) is 15.7 Å². The summed E-state index contributed by atoms with van der Waals surface area (Å²) in [7, 11) is 0. The van der Waals surface area contributed by atoms with Crippen LogP contribution in [0.2, 0.25) is 0 Å². The lowest BCUT2D eigenvalue weighted by atomic mass is 9.98. The molecule has 4 rings (SSSR count). The van der Waals surface area contributed by atoms with E-state index in [1.807, 2.05) is 13.8 Å². The predicted molar refractivity (Wildman–Crippen MR) is 107 cm³/mol. The van der Waals surface area contributed by atoms with Gasteiger partial charge in [0.2, 0.25) is 11.8 Å². The van der Waals surface area contributed by atoms with Gasteiger partial charge in [0.05, 0.1) is 17.4 Å². The Hall–Kier alpha value is -3.37. The Kier molecular flexibility index (Phi) is 5.43. The van der Waals surface area contributed by atoms with Crippen molar-refractivity contribution >= 4 is 17.7 Å². The van der Waals surface area contributed by atoms with Gasteiger partial charge in [0.1, 0.15) is 12.1 Å². The lowest BCUT2D eigenvalue weighted by Gasteiger charge is -2.36. The zero-order chi connectivity index (χ0) is 23.2. The van der Waals surface area contributed by atoms with Gasteiger partial charge in [-0.05, 0) is 24.5 Å². The van der Waals surface area contributed by atoms with E-state index in [4.69, 9.17) is 0 Å². The second kappa shape index (κ2) is 7.95. The summed E-state index contributed by atoms with van der Waals surface area (Å²) in [5.41, 5.74) is -1.65. The van der Waals surface area contributed by atoms with E-state index in [0.29, 0.717) is 4.68 Å². The molecule has 3 amide bonds. The third-order valence-corrected chi connectivity index (χ3v) is 5.74. The van der Waals surface area contributed by atoms with Crippen LogP contribution in [0.1, 0.15) is 36.3 Å². The summed E-state index contributed by atoms with van der Waals surface area (Å²) in [5.74, 6) is -1.65. The summed E-state index contributed by atoms with van der Waals surface area (Å²) >= 11 is 0. The lowest BCUT2D eigenvalue weighted by Crippen LogP contribution is -2.62. The van der Waals surface area contributed by atoms with Gasteiger partial charge in [-0.2, -0.15) is 18.3 Å². The molecule has 2 fully saturated rings. The fraction of sp³-hybridized carbons (Fsp3) is 0.429. The van der Waals surface area contributed by atoms with Gasteiger partial charge in [0.15, 0.2) is 5.69 Å². The van der Waals surface area contributed by atoms with Gasteiger partial charge >= 0.3 is 6.18 Å². The van der Waals surface area contributed by atoms with Gasteiger partial charge in [-0.1, -0.05) is 32.0 Å². The summed E-state index contributed by atoms with van der Waals surface area (Å²) in [6, 6.07) is 5.63. The number of hydrogen-bond donors (Lipinski definition) is 2. The van der Waals surface area contributed by atoms with Crippen molar-refractivity contribution in [2.24, 2.45) is 5.92 Å². The molecule has 0 bridgehead atoms. The average molecular weight is 449 g/mol. The highest BCUT2D eigenvalue weighted by Crippen LogP contribution is 2.34. The van der Waals surface area contributed by atoms with E-state index < -0.39 is 41.5 Å². The Bertz CT molecular complexity index is 1050. The first-order valence-corrected chi connectivity index (χ1v) is 10.2. The quantitative estimate of drug-likeness (QED) is 0.743. The zero-order valence-electron chi connectivity index (χ0n) is 17.4. The van der Waals surface area contributed by atoms with Gasteiger partial charge in [0.25, 0.3) is 5.91 Å².